The molecule has 0 aromatic heterocycles. The maximum atomic E-state index is 8.61. The van der Waals surface area contributed by atoms with Crippen molar-refractivity contribution in [1.82, 2.24) is 0 Å². The summed E-state index contributed by atoms with van der Waals surface area (Å²) in [6.07, 6.45) is 0.931. The van der Waals surface area contributed by atoms with E-state index in [1.165, 1.54) is 0 Å². The quantitative estimate of drug-likeness (QED) is 0.564. The van der Waals surface area contributed by atoms with E-state index in [4.69, 9.17) is 19.3 Å². The largest absolute Gasteiger partial charge is 0.394 e. The van der Waals surface area contributed by atoms with Crippen LogP contribution in [-0.2, 0) is 14.2 Å². The number of hydrogen-bond acceptors (Lipinski definition) is 4. The van der Waals surface area contributed by atoms with Gasteiger partial charge < -0.3 is 19.3 Å². The Morgan fingerprint density at radius 1 is 1.07 bits per heavy atom. The summed E-state index contributed by atoms with van der Waals surface area (Å²) in [5, 5.41) is 8.61. The molecular formula is C10H22O4. The first-order valence-electron chi connectivity index (χ1n) is 4.91. The average Bonchev–Trinajstić information content (AvgIpc) is 2.19. The number of aliphatic hydroxyl groups is 1. The third-order valence-corrected chi connectivity index (χ3v) is 2.29. The van der Waals surface area contributed by atoms with Gasteiger partial charge in [0.2, 0.25) is 0 Å². The third kappa shape index (κ3) is 4.91. The van der Waals surface area contributed by atoms with E-state index in [0.717, 1.165) is 6.42 Å². The fourth-order valence-corrected chi connectivity index (χ4v) is 1.40. The molecule has 0 radical (unpaired) electrons. The molecule has 0 rings (SSSR count). The highest BCUT2D eigenvalue weighted by molar-refractivity contribution is 4.77. The van der Waals surface area contributed by atoms with E-state index in [-0.39, 0.29) is 12.0 Å². The Morgan fingerprint density at radius 2 is 1.64 bits per heavy atom. The van der Waals surface area contributed by atoms with E-state index in [1.54, 1.807) is 14.2 Å². The fourth-order valence-electron chi connectivity index (χ4n) is 1.40. The molecule has 0 amide bonds. The van der Waals surface area contributed by atoms with Crippen molar-refractivity contribution in [2.24, 2.45) is 5.41 Å². The zero-order valence-electron chi connectivity index (χ0n) is 9.41. The van der Waals surface area contributed by atoms with E-state index >= 15 is 0 Å². The van der Waals surface area contributed by atoms with Crippen molar-refractivity contribution < 1.29 is 19.3 Å². The Hall–Kier alpha value is -0.160. The molecule has 0 aromatic carbocycles. The highest BCUT2D eigenvalue weighted by atomic mass is 16.5. The lowest BCUT2D eigenvalue weighted by Crippen LogP contribution is -2.36. The van der Waals surface area contributed by atoms with Crippen LogP contribution < -0.4 is 0 Å². The van der Waals surface area contributed by atoms with Crippen LogP contribution in [0.2, 0.25) is 0 Å². The van der Waals surface area contributed by atoms with Gasteiger partial charge in [0.25, 0.3) is 0 Å². The second-order valence-corrected chi connectivity index (χ2v) is 3.50. The van der Waals surface area contributed by atoms with Crippen molar-refractivity contribution in [3.63, 3.8) is 0 Å². The summed E-state index contributed by atoms with van der Waals surface area (Å²) < 4.78 is 15.7. The zero-order chi connectivity index (χ0) is 10.9. The second-order valence-electron chi connectivity index (χ2n) is 3.50. The zero-order valence-corrected chi connectivity index (χ0v) is 9.41. The van der Waals surface area contributed by atoms with Crippen LogP contribution in [0.4, 0.5) is 0 Å². The molecule has 0 aliphatic carbocycles. The van der Waals surface area contributed by atoms with Gasteiger partial charge in [0.1, 0.15) is 0 Å². The van der Waals surface area contributed by atoms with Crippen molar-refractivity contribution in [3.8, 4) is 0 Å². The van der Waals surface area contributed by atoms with Crippen LogP contribution in [0.15, 0.2) is 0 Å². The monoisotopic (exact) mass is 206 g/mol. The van der Waals surface area contributed by atoms with E-state index in [2.05, 4.69) is 6.92 Å². The third-order valence-electron chi connectivity index (χ3n) is 2.29. The van der Waals surface area contributed by atoms with E-state index in [9.17, 15) is 0 Å². The van der Waals surface area contributed by atoms with Gasteiger partial charge in [0.05, 0.1) is 33.0 Å². The van der Waals surface area contributed by atoms with Crippen LogP contribution in [0, 0.1) is 5.41 Å². The predicted molar refractivity (Wildman–Crippen MR) is 54.4 cm³/mol. The van der Waals surface area contributed by atoms with Crippen molar-refractivity contribution in [3.05, 3.63) is 0 Å². The maximum absolute atomic E-state index is 8.61. The molecule has 0 saturated heterocycles. The SMILES string of the molecule is CCC(COC)(COC)COCCO. The molecular weight excluding hydrogens is 184 g/mol. The Balaban J connectivity index is 4.03. The fraction of sp³-hybridized carbons (Fsp3) is 1.00. The summed E-state index contributed by atoms with van der Waals surface area (Å²) in [6, 6.07) is 0. The van der Waals surface area contributed by atoms with Crippen LogP contribution in [0.5, 0.6) is 0 Å². The van der Waals surface area contributed by atoms with Gasteiger partial charge in [-0.05, 0) is 6.42 Å². The minimum atomic E-state index is -0.0847. The maximum Gasteiger partial charge on any atom is 0.0698 e. The topological polar surface area (TPSA) is 47.9 Å². The minimum Gasteiger partial charge on any atom is -0.394 e. The molecule has 86 valence electrons. The summed E-state index contributed by atoms with van der Waals surface area (Å²) in [5.74, 6) is 0. The van der Waals surface area contributed by atoms with E-state index in [0.29, 0.717) is 26.4 Å². The molecule has 14 heavy (non-hydrogen) atoms. The summed E-state index contributed by atoms with van der Waals surface area (Å²) in [5.41, 5.74) is -0.0847. The first kappa shape index (κ1) is 13.8. The normalized spacial score (nSPS) is 12.0. The second kappa shape index (κ2) is 8.17. The van der Waals surface area contributed by atoms with Crippen LogP contribution >= 0.6 is 0 Å². The molecule has 0 aliphatic heterocycles. The van der Waals surface area contributed by atoms with Crippen molar-refractivity contribution in [2.45, 2.75) is 13.3 Å². The number of ether oxygens (including phenoxy) is 3. The highest BCUT2D eigenvalue weighted by Gasteiger charge is 2.28. The minimum absolute atomic E-state index is 0.0553. The Bertz CT molecular complexity index is 121. The molecule has 0 saturated carbocycles. The van der Waals surface area contributed by atoms with Crippen LogP contribution in [0.25, 0.3) is 0 Å². The lowest BCUT2D eigenvalue weighted by Gasteiger charge is -2.30. The lowest BCUT2D eigenvalue weighted by molar-refractivity contribution is -0.0571. The lowest BCUT2D eigenvalue weighted by atomic mass is 9.88. The summed E-state index contributed by atoms with van der Waals surface area (Å²) in [7, 11) is 3.35. The molecule has 0 atom stereocenters. The van der Waals surface area contributed by atoms with Gasteiger partial charge in [-0.25, -0.2) is 0 Å². The van der Waals surface area contributed by atoms with Crippen molar-refractivity contribution >= 4 is 0 Å². The first-order valence-corrected chi connectivity index (χ1v) is 4.91. The molecule has 0 aromatic rings. The summed E-state index contributed by atoms with van der Waals surface area (Å²) in [6.45, 7) is 4.30. The smallest absolute Gasteiger partial charge is 0.0698 e. The number of rotatable bonds is 9. The van der Waals surface area contributed by atoms with E-state index in [1.807, 2.05) is 0 Å². The molecule has 0 fully saturated rings. The van der Waals surface area contributed by atoms with Gasteiger partial charge >= 0.3 is 0 Å². The highest BCUT2D eigenvalue weighted by Crippen LogP contribution is 2.23. The Labute approximate surface area is 86.2 Å². The van der Waals surface area contributed by atoms with Crippen LogP contribution in [-0.4, -0.2) is 52.4 Å². The molecule has 0 heterocycles. The standard InChI is InChI=1S/C10H22O4/c1-4-10(7-12-2,8-13-3)9-14-6-5-11/h11H,4-9H2,1-3H3. The molecule has 1 N–H and O–H groups in total. The molecule has 0 bridgehead atoms. The number of aliphatic hydroxyl groups excluding tert-OH is 1. The molecule has 0 aliphatic rings. The average molecular weight is 206 g/mol. The van der Waals surface area contributed by atoms with Gasteiger partial charge in [-0.3, -0.25) is 0 Å². The molecule has 0 unspecified atom stereocenters. The van der Waals surface area contributed by atoms with Crippen LogP contribution in [0.1, 0.15) is 13.3 Å². The van der Waals surface area contributed by atoms with Crippen molar-refractivity contribution in [1.29, 1.82) is 0 Å². The van der Waals surface area contributed by atoms with Crippen molar-refractivity contribution in [2.75, 3.05) is 47.3 Å². The van der Waals surface area contributed by atoms with Gasteiger partial charge in [0, 0.05) is 19.6 Å². The number of methoxy groups -OCH3 is 2. The number of hydrogen-bond donors (Lipinski definition) is 1. The summed E-state index contributed by atoms with van der Waals surface area (Å²) in [4.78, 5) is 0. The summed E-state index contributed by atoms with van der Waals surface area (Å²) >= 11 is 0. The predicted octanol–water partition coefficient (Wildman–Crippen LogP) is 0.685. The Kier molecular flexibility index (Phi) is 8.08. The Morgan fingerprint density at radius 3 is 2.00 bits per heavy atom. The van der Waals surface area contributed by atoms with Gasteiger partial charge in [-0.1, -0.05) is 6.92 Å². The van der Waals surface area contributed by atoms with Gasteiger partial charge in [-0.15, -0.1) is 0 Å². The van der Waals surface area contributed by atoms with Gasteiger partial charge in [0.15, 0.2) is 0 Å². The first-order chi connectivity index (χ1) is 6.74. The molecule has 4 heteroatoms. The van der Waals surface area contributed by atoms with Gasteiger partial charge in [-0.2, -0.15) is 0 Å². The van der Waals surface area contributed by atoms with Crippen LogP contribution in [0.3, 0.4) is 0 Å². The molecule has 4 nitrogen and oxygen atoms in total. The van der Waals surface area contributed by atoms with E-state index < -0.39 is 0 Å². The molecule has 0 spiro atoms.